The first-order valence-electron chi connectivity index (χ1n) is 13.2. The Balaban J connectivity index is 2.39. The number of amidine groups is 1. The van der Waals surface area contributed by atoms with Gasteiger partial charge in [-0.05, 0) is 86.4 Å². The molecule has 0 radical (unpaired) electrons. The van der Waals surface area contributed by atoms with Crippen LogP contribution >= 0.6 is 0 Å². The maximum atomic E-state index is 4.78. The number of hydrogen-bond donors (Lipinski definition) is 0. The van der Waals surface area contributed by atoms with Gasteiger partial charge >= 0.3 is 0 Å². The van der Waals surface area contributed by atoms with Gasteiger partial charge in [-0.1, -0.05) is 91.9 Å². The summed E-state index contributed by atoms with van der Waals surface area (Å²) in [4.78, 5) is 9.43. The van der Waals surface area contributed by atoms with Crippen LogP contribution in [0.15, 0.2) is 119 Å². The highest BCUT2D eigenvalue weighted by Gasteiger charge is 2.44. The van der Waals surface area contributed by atoms with Crippen molar-refractivity contribution in [2.45, 2.75) is 59.3 Å². The molecule has 0 saturated carbocycles. The van der Waals surface area contributed by atoms with Crippen molar-refractivity contribution in [1.29, 1.82) is 0 Å². The van der Waals surface area contributed by atoms with E-state index in [0.717, 1.165) is 30.7 Å². The molecule has 3 rings (SSSR count). The van der Waals surface area contributed by atoms with Gasteiger partial charge in [0.05, 0.1) is 0 Å². The lowest BCUT2D eigenvalue weighted by molar-refractivity contribution is 0.633. The van der Waals surface area contributed by atoms with Crippen molar-refractivity contribution in [3.63, 3.8) is 0 Å². The Morgan fingerprint density at radius 2 is 1.84 bits per heavy atom. The quantitative estimate of drug-likeness (QED) is 0.138. The van der Waals surface area contributed by atoms with Gasteiger partial charge < -0.3 is 0 Å². The van der Waals surface area contributed by atoms with Crippen LogP contribution in [0.25, 0.3) is 5.57 Å². The number of aliphatic imine (C=N–C) groups is 2. The summed E-state index contributed by atoms with van der Waals surface area (Å²) in [5, 5.41) is 0. The van der Waals surface area contributed by atoms with Crippen LogP contribution in [0.3, 0.4) is 0 Å². The van der Waals surface area contributed by atoms with Crippen molar-refractivity contribution in [3.8, 4) is 0 Å². The molecular formula is C35H40N2. The zero-order valence-corrected chi connectivity index (χ0v) is 23.1. The van der Waals surface area contributed by atoms with Crippen LogP contribution in [0.1, 0.15) is 75.3 Å². The Hall–Kier alpha value is -3.78. The fourth-order valence-electron chi connectivity index (χ4n) is 5.17. The van der Waals surface area contributed by atoms with E-state index in [1.807, 2.05) is 31.5 Å². The van der Waals surface area contributed by atoms with Crippen LogP contribution in [0.2, 0.25) is 0 Å². The number of allylic oxidation sites excluding steroid dienone is 9. The van der Waals surface area contributed by atoms with E-state index in [9.17, 15) is 0 Å². The zero-order valence-electron chi connectivity index (χ0n) is 23.1. The summed E-state index contributed by atoms with van der Waals surface area (Å²) < 4.78 is 0. The van der Waals surface area contributed by atoms with E-state index in [2.05, 4.69) is 113 Å². The summed E-state index contributed by atoms with van der Waals surface area (Å²) in [7, 11) is 0. The average molecular weight is 489 g/mol. The summed E-state index contributed by atoms with van der Waals surface area (Å²) >= 11 is 0. The molecule has 2 aromatic carbocycles. The topological polar surface area (TPSA) is 24.7 Å². The minimum Gasteiger partial charge on any atom is -0.241 e. The predicted molar refractivity (Wildman–Crippen MR) is 164 cm³/mol. The van der Waals surface area contributed by atoms with Gasteiger partial charge in [-0.25, -0.2) is 9.98 Å². The molecule has 0 aliphatic heterocycles. The van der Waals surface area contributed by atoms with Crippen molar-refractivity contribution in [2.24, 2.45) is 9.98 Å². The minimum absolute atomic E-state index is 0.370. The summed E-state index contributed by atoms with van der Waals surface area (Å²) in [6, 6.07) is 15.5. The molecule has 1 unspecified atom stereocenters. The smallest absolute Gasteiger partial charge is 0.158 e. The molecule has 0 aromatic heterocycles. The molecule has 190 valence electrons. The number of fused-ring (bicyclic) bond motifs is 1. The first-order valence-corrected chi connectivity index (χ1v) is 13.2. The van der Waals surface area contributed by atoms with Gasteiger partial charge in [0.25, 0.3) is 0 Å². The van der Waals surface area contributed by atoms with Gasteiger partial charge in [-0.3, -0.25) is 0 Å². The molecule has 0 N–H and O–H groups in total. The average Bonchev–Trinajstić information content (AvgIpc) is 3.15. The molecule has 2 nitrogen and oxygen atoms in total. The van der Waals surface area contributed by atoms with Crippen molar-refractivity contribution in [3.05, 3.63) is 137 Å². The van der Waals surface area contributed by atoms with Gasteiger partial charge in [0.15, 0.2) is 5.84 Å². The lowest BCUT2D eigenvalue weighted by Gasteiger charge is -2.35. The lowest BCUT2D eigenvalue weighted by Crippen LogP contribution is -2.29. The summed E-state index contributed by atoms with van der Waals surface area (Å²) in [5.41, 5.74) is 9.59. The molecule has 0 amide bonds. The van der Waals surface area contributed by atoms with Crippen molar-refractivity contribution in [1.82, 2.24) is 0 Å². The highest BCUT2D eigenvalue weighted by Crippen LogP contribution is 2.54. The molecule has 0 bridgehead atoms. The normalized spacial score (nSPS) is 18.4. The van der Waals surface area contributed by atoms with Crippen molar-refractivity contribution >= 4 is 17.6 Å². The van der Waals surface area contributed by atoms with E-state index in [1.165, 1.54) is 39.0 Å². The first kappa shape index (κ1) is 27.8. The highest BCUT2D eigenvalue weighted by molar-refractivity contribution is 6.04. The van der Waals surface area contributed by atoms with E-state index in [4.69, 9.17) is 4.99 Å². The van der Waals surface area contributed by atoms with Crippen LogP contribution in [0.5, 0.6) is 0 Å². The Morgan fingerprint density at radius 3 is 2.51 bits per heavy atom. The van der Waals surface area contributed by atoms with Gasteiger partial charge in [0.1, 0.15) is 0 Å². The summed E-state index contributed by atoms with van der Waals surface area (Å²) in [6.07, 6.45) is 18.9. The number of benzene rings is 2. The second-order valence-corrected chi connectivity index (χ2v) is 9.39. The molecule has 37 heavy (non-hydrogen) atoms. The molecule has 1 aliphatic rings. The van der Waals surface area contributed by atoms with E-state index < -0.39 is 0 Å². The predicted octanol–water partition coefficient (Wildman–Crippen LogP) is 9.35. The third kappa shape index (κ3) is 5.64. The molecule has 0 heterocycles. The largest absolute Gasteiger partial charge is 0.241 e. The Labute approximate surface area is 224 Å². The monoisotopic (exact) mass is 488 g/mol. The summed E-state index contributed by atoms with van der Waals surface area (Å²) in [5.74, 6) is 0.723. The van der Waals surface area contributed by atoms with Crippen LogP contribution < -0.4 is 0 Å². The van der Waals surface area contributed by atoms with Gasteiger partial charge in [0.2, 0.25) is 0 Å². The van der Waals surface area contributed by atoms with Gasteiger partial charge in [-0.15, -0.1) is 6.58 Å². The number of hydrogen-bond acceptors (Lipinski definition) is 1. The van der Waals surface area contributed by atoms with Crippen molar-refractivity contribution < 1.29 is 0 Å². The maximum absolute atomic E-state index is 4.78. The molecule has 1 atom stereocenters. The molecular weight excluding hydrogens is 448 g/mol. The summed E-state index contributed by atoms with van der Waals surface area (Å²) in [6.45, 7) is 18.6. The number of rotatable bonds is 10. The van der Waals surface area contributed by atoms with Crippen LogP contribution in [0.4, 0.5) is 0 Å². The standard InChI is InChI=1S/C35H40N2/c1-8-13-17-28-18-15-16-20-32(28)35(23-10-3)31(19-14-9-2)27(7)30-22-21-29(24-33(30)35)34(36-12-5)37-25-26(6)11-4/h8-10,12-16,18-22,24-25H,2-3,11,17,23H2,1,4-7H3/b13-8-,19-14-,26-25?,36-12?,37-34?. The Kier molecular flexibility index (Phi) is 9.74. The fraction of sp³-hybridized carbons (Fsp3) is 0.257. The van der Waals surface area contributed by atoms with Crippen LogP contribution in [0, 0.1) is 0 Å². The molecule has 0 fully saturated rings. The Morgan fingerprint density at radius 1 is 1.05 bits per heavy atom. The second kappa shape index (κ2) is 13.0. The van der Waals surface area contributed by atoms with E-state index in [0.29, 0.717) is 0 Å². The van der Waals surface area contributed by atoms with Gasteiger partial charge in [-0.2, -0.15) is 0 Å². The van der Waals surface area contributed by atoms with Crippen LogP contribution in [-0.4, -0.2) is 12.1 Å². The fourth-order valence-corrected chi connectivity index (χ4v) is 5.17. The first-order chi connectivity index (χ1) is 18.0. The molecule has 1 aliphatic carbocycles. The second-order valence-electron chi connectivity index (χ2n) is 9.39. The van der Waals surface area contributed by atoms with E-state index >= 15 is 0 Å². The third-order valence-corrected chi connectivity index (χ3v) is 7.12. The minimum atomic E-state index is -0.370. The molecule has 0 spiro atoms. The van der Waals surface area contributed by atoms with Crippen molar-refractivity contribution in [2.75, 3.05) is 0 Å². The van der Waals surface area contributed by atoms with E-state index in [-0.39, 0.29) is 5.41 Å². The zero-order chi connectivity index (χ0) is 26.8. The highest BCUT2D eigenvalue weighted by atomic mass is 14.9. The molecule has 2 aromatic rings. The molecule has 0 saturated heterocycles. The van der Waals surface area contributed by atoms with Gasteiger partial charge in [0, 0.05) is 23.4 Å². The number of nitrogens with zero attached hydrogens (tertiary/aromatic N) is 2. The SMILES string of the molecule is C=C/C=C\C1=C(C)c2ccc(C(N=CC)=NC=C(C)CC)cc2C1(CC=C)c1ccccc1C/C=C\C. The maximum Gasteiger partial charge on any atom is 0.158 e. The van der Waals surface area contributed by atoms with E-state index in [1.54, 1.807) is 0 Å². The van der Waals surface area contributed by atoms with Crippen LogP contribution in [-0.2, 0) is 11.8 Å². The Bertz CT molecular complexity index is 1330. The third-order valence-electron chi connectivity index (χ3n) is 7.12. The molecule has 2 heteroatoms. The lowest BCUT2D eigenvalue weighted by atomic mass is 9.67.